The Balaban J connectivity index is 1.84. The van der Waals surface area contributed by atoms with E-state index in [-0.39, 0.29) is 5.97 Å². The summed E-state index contributed by atoms with van der Waals surface area (Å²) < 4.78 is 6.38. The molecule has 1 N–H and O–H groups in total. The van der Waals surface area contributed by atoms with Crippen LogP contribution in [0.2, 0.25) is 0 Å². The average Bonchev–Trinajstić information content (AvgIpc) is 2.68. The van der Waals surface area contributed by atoms with Gasteiger partial charge in [-0.2, -0.15) is 0 Å². The van der Waals surface area contributed by atoms with Gasteiger partial charge >= 0.3 is 5.97 Å². The summed E-state index contributed by atoms with van der Waals surface area (Å²) in [5.74, 6) is -0.193. The number of carbonyl (C=O) groups excluding carboxylic acids is 1. The van der Waals surface area contributed by atoms with Crippen LogP contribution >= 0.6 is 11.3 Å². The third kappa shape index (κ3) is 4.21. The maximum Gasteiger partial charge on any atom is 0.308 e. The number of para-hydroxylation sites is 1. The van der Waals surface area contributed by atoms with Crippen molar-refractivity contribution in [3.63, 3.8) is 0 Å². The van der Waals surface area contributed by atoms with Crippen molar-refractivity contribution in [1.82, 2.24) is 4.98 Å². The molecule has 0 unspecified atom stereocenters. The van der Waals surface area contributed by atoms with Crippen LogP contribution in [0.1, 0.15) is 27.2 Å². The minimum absolute atomic E-state index is 0.193. The molecule has 5 heteroatoms. The Kier molecular flexibility index (Phi) is 4.04. The highest BCUT2D eigenvalue weighted by atomic mass is 32.1. The molecular formula is C14H18N2O2S. The Bertz CT molecular complexity index is 539. The first-order valence-electron chi connectivity index (χ1n) is 6.25. The summed E-state index contributed by atoms with van der Waals surface area (Å²) in [5.41, 5.74) is 0.555. The van der Waals surface area contributed by atoms with Gasteiger partial charge in [0.05, 0.1) is 16.6 Å². The maximum atomic E-state index is 11.5. The van der Waals surface area contributed by atoms with Gasteiger partial charge in [0.1, 0.15) is 5.60 Å². The Morgan fingerprint density at radius 2 is 2.11 bits per heavy atom. The first kappa shape index (κ1) is 13.8. The van der Waals surface area contributed by atoms with Crippen LogP contribution in [0, 0.1) is 0 Å². The zero-order valence-electron chi connectivity index (χ0n) is 11.4. The van der Waals surface area contributed by atoms with Gasteiger partial charge in [0.15, 0.2) is 5.13 Å². The molecule has 19 heavy (non-hydrogen) atoms. The minimum Gasteiger partial charge on any atom is -0.460 e. The molecular weight excluding hydrogens is 260 g/mol. The number of hydrogen-bond donors (Lipinski definition) is 1. The molecule has 1 aromatic heterocycles. The lowest BCUT2D eigenvalue weighted by molar-refractivity contribution is -0.154. The van der Waals surface area contributed by atoms with E-state index >= 15 is 0 Å². The van der Waals surface area contributed by atoms with E-state index in [0.29, 0.717) is 13.0 Å². The van der Waals surface area contributed by atoms with Crippen molar-refractivity contribution in [2.45, 2.75) is 32.8 Å². The summed E-state index contributed by atoms with van der Waals surface area (Å²) in [6.45, 7) is 6.14. The third-order valence-corrected chi connectivity index (χ3v) is 3.31. The first-order valence-corrected chi connectivity index (χ1v) is 7.07. The van der Waals surface area contributed by atoms with E-state index in [0.717, 1.165) is 15.3 Å². The number of aromatic nitrogens is 1. The number of anilines is 1. The predicted molar refractivity (Wildman–Crippen MR) is 78.6 cm³/mol. The average molecular weight is 278 g/mol. The molecule has 0 radical (unpaired) electrons. The van der Waals surface area contributed by atoms with Crippen LogP contribution in [-0.2, 0) is 9.53 Å². The normalized spacial score (nSPS) is 11.5. The standard InChI is InChI=1S/C14H18N2O2S/c1-14(2,3)18-12(17)8-9-15-13-16-10-6-4-5-7-11(10)19-13/h4-7H,8-9H2,1-3H3,(H,15,16). The maximum absolute atomic E-state index is 11.5. The summed E-state index contributed by atoms with van der Waals surface area (Å²) in [4.78, 5) is 16.0. The highest BCUT2D eigenvalue weighted by Crippen LogP contribution is 2.25. The molecule has 0 aliphatic rings. The Morgan fingerprint density at radius 1 is 1.37 bits per heavy atom. The molecule has 0 saturated carbocycles. The van der Waals surface area contributed by atoms with Gasteiger partial charge in [0.25, 0.3) is 0 Å². The van der Waals surface area contributed by atoms with Gasteiger partial charge in [-0.15, -0.1) is 0 Å². The van der Waals surface area contributed by atoms with Crippen LogP contribution in [0.15, 0.2) is 24.3 Å². The van der Waals surface area contributed by atoms with E-state index in [1.54, 1.807) is 11.3 Å². The summed E-state index contributed by atoms with van der Waals surface area (Å²) >= 11 is 1.59. The second-order valence-electron chi connectivity index (χ2n) is 5.25. The molecule has 0 bridgehead atoms. The number of fused-ring (bicyclic) bond motifs is 1. The lowest BCUT2D eigenvalue weighted by atomic mass is 10.2. The molecule has 0 saturated heterocycles. The fourth-order valence-corrected chi connectivity index (χ4v) is 2.50. The number of carbonyl (C=O) groups is 1. The highest BCUT2D eigenvalue weighted by molar-refractivity contribution is 7.22. The predicted octanol–water partition coefficient (Wildman–Crippen LogP) is 3.44. The SMILES string of the molecule is CC(C)(C)OC(=O)CCNc1nc2ccccc2s1. The number of hydrogen-bond acceptors (Lipinski definition) is 5. The molecule has 1 aromatic carbocycles. The fraction of sp³-hybridized carbons (Fsp3) is 0.429. The second kappa shape index (κ2) is 5.57. The molecule has 0 amide bonds. The Hall–Kier alpha value is -1.62. The fourth-order valence-electron chi connectivity index (χ4n) is 1.61. The van der Waals surface area contributed by atoms with E-state index < -0.39 is 5.60 Å². The zero-order valence-corrected chi connectivity index (χ0v) is 12.2. The number of nitrogens with one attached hydrogen (secondary N) is 1. The summed E-state index contributed by atoms with van der Waals surface area (Å²) in [6.07, 6.45) is 0.340. The van der Waals surface area contributed by atoms with Crippen LogP contribution in [0.4, 0.5) is 5.13 Å². The zero-order chi connectivity index (χ0) is 13.9. The smallest absolute Gasteiger partial charge is 0.308 e. The second-order valence-corrected chi connectivity index (χ2v) is 6.28. The van der Waals surface area contributed by atoms with Gasteiger partial charge in [-0.05, 0) is 32.9 Å². The summed E-state index contributed by atoms with van der Waals surface area (Å²) in [7, 11) is 0. The quantitative estimate of drug-likeness (QED) is 0.870. The minimum atomic E-state index is -0.424. The topological polar surface area (TPSA) is 51.2 Å². The number of esters is 1. The van der Waals surface area contributed by atoms with Gasteiger partial charge in [-0.1, -0.05) is 23.5 Å². The molecule has 1 heterocycles. The van der Waals surface area contributed by atoms with Crippen molar-refractivity contribution >= 4 is 32.7 Å². The molecule has 0 aliphatic heterocycles. The van der Waals surface area contributed by atoms with E-state index in [4.69, 9.17) is 4.74 Å². The van der Waals surface area contributed by atoms with Gasteiger partial charge in [0, 0.05) is 6.54 Å². The monoisotopic (exact) mass is 278 g/mol. The highest BCUT2D eigenvalue weighted by Gasteiger charge is 2.15. The lowest BCUT2D eigenvalue weighted by Gasteiger charge is -2.19. The van der Waals surface area contributed by atoms with Crippen LogP contribution < -0.4 is 5.32 Å². The number of benzene rings is 1. The van der Waals surface area contributed by atoms with Crippen LogP contribution in [0.5, 0.6) is 0 Å². The molecule has 0 spiro atoms. The van der Waals surface area contributed by atoms with E-state index in [2.05, 4.69) is 10.3 Å². The van der Waals surface area contributed by atoms with E-state index in [1.165, 1.54) is 0 Å². The van der Waals surface area contributed by atoms with Gasteiger partial charge in [0.2, 0.25) is 0 Å². The van der Waals surface area contributed by atoms with Crippen LogP contribution in [0.25, 0.3) is 10.2 Å². The first-order chi connectivity index (χ1) is 8.94. The number of rotatable bonds is 4. The number of ether oxygens (including phenoxy) is 1. The number of thiazole rings is 1. The number of nitrogens with zero attached hydrogens (tertiary/aromatic N) is 1. The van der Waals surface area contributed by atoms with Gasteiger partial charge in [-0.25, -0.2) is 4.98 Å². The Labute approximate surface area is 116 Å². The van der Waals surface area contributed by atoms with E-state index in [1.807, 2.05) is 45.0 Å². The summed E-state index contributed by atoms with van der Waals surface area (Å²) in [6, 6.07) is 7.97. The van der Waals surface area contributed by atoms with Crippen LogP contribution in [0.3, 0.4) is 0 Å². The molecule has 2 aromatic rings. The van der Waals surface area contributed by atoms with Crippen molar-refractivity contribution in [1.29, 1.82) is 0 Å². The lowest BCUT2D eigenvalue weighted by Crippen LogP contribution is -2.25. The van der Waals surface area contributed by atoms with Crippen molar-refractivity contribution in [2.24, 2.45) is 0 Å². The van der Waals surface area contributed by atoms with E-state index in [9.17, 15) is 4.79 Å². The van der Waals surface area contributed by atoms with Crippen LogP contribution in [-0.4, -0.2) is 23.1 Å². The van der Waals surface area contributed by atoms with Gasteiger partial charge in [-0.3, -0.25) is 4.79 Å². The Morgan fingerprint density at radius 3 is 2.79 bits per heavy atom. The van der Waals surface area contributed by atoms with Crippen molar-refractivity contribution in [3.05, 3.63) is 24.3 Å². The van der Waals surface area contributed by atoms with Crippen molar-refractivity contribution < 1.29 is 9.53 Å². The largest absolute Gasteiger partial charge is 0.460 e. The molecule has 0 atom stereocenters. The molecule has 4 nitrogen and oxygen atoms in total. The molecule has 102 valence electrons. The summed E-state index contributed by atoms with van der Waals surface area (Å²) in [5, 5.41) is 4.00. The molecule has 0 fully saturated rings. The van der Waals surface area contributed by atoms with Gasteiger partial charge < -0.3 is 10.1 Å². The van der Waals surface area contributed by atoms with Crippen molar-refractivity contribution in [2.75, 3.05) is 11.9 Å². The van der Waals surface area contributed by atoms with Crippen molar-refractivity contribution in [3.8, 4) is 0 Å². The molecule has 2 rings (SSSR count). The third-order valence-electron chi connectivity index (χ3n) is 2.32. The molecule has 0 aliphatic carbocycles.